The van der Waals surface area contributed by atoms with Gasteiger partial charge in [-0.15, -0.1) is 0 Å². The van der Waals surface area contributed by atoms with Crippen molar-refractivity contribution in [3.05, 3.63) is 39.8 Å². The van der Waals surface area contributed by atoms with Gasteiger partial charge in [0.2, 0.25) is 0 Å². The smallest absolute Gasteiger partial charge is 0.341 e. The molecule has 0 unspecified atom stereocenters. The minimum Gasteiger partial charge on any atom is -0.462 e. The maximum absolute atomic E-state index is 11.9. The van der Waals surface area contributed by atoms with Crippen LogP contribution in [0.5, 0.6) is 0 Å². The lowest BCUT2D eigenvalue weighted by Crippen LogP contribution is -2.21. The molecule has 0 fully saturated rings. The van der Waals surface area contributed by atoms with Gasteiger partial charge in [0.25, 0.3) is 0 Å². The van der Waals surface area contributed by atoms with Crippen LogP contribution >= 0.6 is 11.3 Å². The van der Waals surface area contributed by atoms with Crippen LogP contribution in [0.25, 0.3) is 0 Å². The summed E-state index contributed by atoms with van der Waals surface area (Å²) < 4.78 is 6.79. The Balaban J connectivity index is 2.08. The molecule has 0 spiro atoms. The second-order valence-electron chi connectivity index (χ2n) is 4.65. The number of esters is 1. The molecule has 0 amide bonds. The van der Waals surface area contributed by atoms with E-state index in [1.165, 1.54) is 5.56 Å². The van der Waals surface area contributed by atoms with Crippen LogP contribution in [0.3, 0.4) is 0 Å². The number of carbonyl (C=O) groups excluding carboxylic acids is 1. The lowest BCUT2D eigenvalue weighted by Gasteiger charge is -2.17. The zero-order chi connectivity index (χ0) is 14.5. The van der Waals surface area contributed by atoms with E-state index in [4.69, 9.17) is 4.74 Å². The van der Waals surface area contributed by atoms with Gasteiger partial charge in [-0.3, -0.25) is 9.58 Å². The van der Waals surface area contributed by atoms with Crippen molar-refractivity contribution in [2.75, 3.05) is 13.7 Å². The molecule has 2 aromatic heterocycles. The van der Waals surface area contributed by atoms with Crippen LogP contribution in [-0.4, -0.2) is 34.3 Å². The molecule has 6 heteroatoms. The Morgan fingerprint density at radius 3 is 2.95 bits per heavy atom. The molecule has 0 aliphatic rings. The number of thiophene rings is 1. The average Bonchev–Trinajstić information content (AvgIpc) is 3.01. The molecule has 0 aromatic carbocycles. The van der Waals surface area contributed by atoms with Gasteiger partial charge in [-0.05, 0) is 36.4 Å². The normalized spacial score (nSPS) is 11.0. The standard InChI is InChI=1S/C14H19N3O2S/c1-4-19-14(18)12-7-15-17(3)13(12)9-16(2)8-11-5-6-20-10-11/h5-7,10H,4,8-9H2,1-3H3. The van der Waals surface area contributed by atoms with E-state index in [0.29, 0.717) is 18.7 Å². The first kappa shape index (κ1) is 14.7. The SMILES string of the molecule is CCOC(=O)c1cnn(C)c1CN(C)Cc1ccsc1. The van der Waals surface area contributed by atoms with E-state index in [1.54, 1.807) is 29.1 Å². The van der Waals surface area contributed by atoms with Gasteiger partial charge in [-0.1, -0.05) is 0 Å². The number of ether oxygens (including phenoxy) is 1. The number of nitrogens with zero attached hydrogens (tertiary/aromatic N) is 3. The number of hydrogen-bond acceptors (Lipinski definition) is 5. The van der Waals surface area contributed by atoms with E-state index in [1.807, 2.05) is 14.1 Å². The monoisotopic (exact) mass is 293 g/mol. The van der Waals surface area contributed by atoms with E-state index in [9.17, 15) is 4.79 Å². The summed E-state index contributed by atoms with van der Waals surface area (Å²) in [7, 11) is 3.87. The largest absolute Gasteiger partial charge is 0.462 e. The van der Waals surface area contributed by atoms with Gasteiger partial charge in [0, 0.05) is 20.1 Å². The predicted octanol–water partition coefficient (Wildman–Crippen LogP) is 2.29. The fourth-order valence-electron chi connectivity index (χ4n) is 2.04. The number of aryl methyl sites for hydroxylation is 1. The van der Waals surface area contributed by atoms with Crippen molar-refractivity contribution in [3.8, 4) is 0 Å². The van der Waals surface area contributed by atoms with Crippen LogP contribution < -0.4 is 0 Å². The van der Waals surface area contributed by atoms with Crippen molar-refractivity contribution < 1.29 is 9.53 Å². The van der Waals surface area contributed by atoms with Crippen molar-refractivity contribution in [3.63, 3.8) is 0 Å². The van der Waals surface area contributed by atoms with Crippen LogP contribution in [0.4, 0.5) is 0 Å². The molecular formula is C14H19N3O2S. The van der Waals surface area contributed by atoms with Gasteiger partial charge in [-0.25, -0.2) is 4.79 Å². The predicted molar refractivity (Wildman–Crippen MR) is 78.7 cm³/mol. The van der Waals surface area contributed by atoms with Gasteiger partial charge in [-0.2, -0.15) is 16.4 Å². The van der Waals surface area contributed by atoms with Gasteiger partial charge >= 0.3 is 5.97 Å². The minimum atomic E-state index is -0.306. The summed E-state index contributed by atoms with van der Waals surface area (Å²) >= 11 is 1.69. The van der Waals surface area contributed by atoms with Gasteiger partial charge in [0.1, 0.15) is 5.56 Å². The molecule has 20 heavy (non-hydrogen) atoms. The highest BCUT2D eigenvalue weighted by Gasteiger charge is 2.18. The summed E-state index contributed by atoms with van der Waals surface area (Å²) in [5.74, 6) is -0.306. The summed E-state index contributed by atoms with van der Waals surface area (Å²) in [5.41, 5.74) is 2.70. The van der Waals surface area contributed by atoms with E-state index in [2.05, 4.69) is 26.8 Å². The lowest BCUT2D eigenvalue weighted by molar-refractivity contribution is 0.0524. The molecule has 2 rings (SSSR count). The maximum Gasteiger partial charge on any atom is 0.341 e. The Bertz CT molecular complexity index is 563. The van der Waals surface area contributed by atoms with Gasteiger partial charge in [0.05, 0.1) is 18.5 Å². The summed E-state index contributed by atoms with van der Waals surface area (Å²) in [4.78, 5) is 14.0. The Hall–Kier alpha value is -1.66. The molecule has 2 aromatic rings. The van der Waals surface area contributed by atoms with Crippen LogP contribution in [0.2, 0.25) is 0 Å². The van der Waals surface area contributed by atoms with E-state index in [-0.39, 0.29) is 5.97 Å². The molecule has 2 heterocycles. The molecule has 0 saturated heterocycles. The summed E-state index contributed by atoms with van der Waals surface area (Å²) in [6, 6.07) is 2.11. The van der Waals surface area contributed by atoms with Gasteiger partial charge < -0.3 is 4.74 Å². The molecule has 0 saturated carbocycles. The zero-order valence-electron chi connectivity index (χ0n) is 12.0. The molecule has 0 aliphatic heterocycles. The third kappa shape index (κ3) is 3.46. The van der Waals surface area contributed by atoms with E-state index < -0.39 is 0 Å². The molecule has 0 N–H and O–H groups in total. The minimum absolute atomic E-state index is 0.306. The van der Waals surface area contributed by atoms with Crippen molar-refractivity contribution in [1.29, 1.82) is 0 Å². The number of carbonyl (C=O) groups is 1. The molecule has 0 aliphatic carbocycles. The first-order valence-electron chi connectivity index (χ1n) is 6.49. The van der Waals surface area contributed by atoms with Crippen molar-refractivity contribution in [2.24, 2.45) is 7.05 Å². The van der Waals surface area contributed by atoms with E-state index in [0.717, 1.165) is 12.2 Å². The first-order valence-corrected chi connectivity index (χ1v) is 7.43. The van der Waals surface area contributed by atoms with Crippen LogP contribution in [0.15, 0.2) is 23.0 Å². The molecular weight excluding hydrogens is 274 g/mol. The second-order valence-corrected chi connectivity index (χ2v) is 5.43. The number of rotatable bonds is 6. The fourth-order valence-corrected chi connectivity index (χ4v) is 2.70. The topological polar surface area (TPSA) is 47.4 Å². The van der Waals surface area contributed by atoms with Crippen LogP contribution in [0.1, 0.15) is 28.5 Å². The Morgan fingerprint density at radius 1 is 1.50 bits per heavy atom. The van der Waals surface area contributed by atoms with E-state index >= 15 is 0 Å². The molecule has 0 bridgehead atoms. The number of aromatic nitrogens is 2. The third-order valence-corrected chi connectivity index (χ3v) is 3.74. The Labute approximate surface area is 122 Å². The first-order chi connectivity index (χ1) is 9.61. The molecule has 5 nitrogen and oxygen atoms in total. The summed E-state index contributed by atoms with van der Waals surface area (Å²) in [5, 5.41) is 8.36. The second kappa shape index (κ2) is 6.67. The molecule has 108 valence electrons. The average molecular weight is 293 g/mol. The zero-order valence-corrected chi connectivity index (χ0v) is 12.8. The highest BCUT2D eigenvalue weighted by atomic mass is 32.1. The van der Waals surface area contributed by atoms with Gasteiger partial charge in [0.15, 0.2) is 0 Å². The van der Waals surface area contributed by atoms with Crippen LogP contribution in [-0.2, 0) is 24.9 Å². The highest BCUT2D eigenvalue weighted by Crippen LogP contribution is 2.14. The number of hydrogen-bond donors (Lipinski definition) is 0. The highest BCUT2D eigenvalue weighted by molar-refractivity contribution is 7.07. The van der Waals surface area contributed by atoms with Crippen molar-refractivity contribution in [2.45, 2.75) is 20.0 Å². The third-order valence-electron chi connectivity index (χ3n) is 3.01. The molecule has 0 atom stereocenters. The van der Waals surface area contributed by atoms with Crippen LogP contribution in [0, 0.1) is 0 Å². The Morgan fingerprint density at radius 2 is 2.30 bits per heavy atom. The summed E-state index contributed by atoms with van der Waals surface area (Å²) in [6.07, 6.45) is 1.58. The van der Waals surface area contributed by atoms with Crippen molar-refractivity contribution >= 4 is 17.3 Å². The summed E-state index contributed by atoms with van der Waals surface area (Å²) in [6.45, 7) is 3.67. The lowest BCUT2D eigenvalue weighted by atomic mass is 10.2. The Kier molecular flexibility index (Phi) is 4.92. The van der Waals surface area contributed by atoms with Crippen molar-refractivity contribution in [1.82, 2.24) is 14.7 Å². The maximum atomic E-state index is 11.9. The molecule has 0 radical (unpaired) electrons. The quantitative estimate of drug-likeness (QED) is 0.767. The fraction of sp³-hybridized carbons (Fsp3) is 0.429.